The van der Waals surface area contributed by atoms with Crippen LogP contribution in [0.3, 0.4) is 0 Å². The zero-order chi connectivity index (χ0) is 9.26. The topological polar surface area (TPSA) is 69.6 Å². The van der Waals surface area contributed by atoms with Crippen molar-refractivity contribution in [3.8, 4) is 0 Å². The fraction of sp³-hybridized carbons (Fsp3) is 0.333. The molecule has 7 heteroatoms. The summed E-state index contributed by atoms with van der Waals surface area (Å²) in [6.07, 6.45) is 2.79. The number of hydrogen-bond donors (Lipinski definition) is 0. The first-order valence-electron chi connectivity index (χ1n) is 3.60. The molecular weight excluding hydrogens is 194 g/mol. The molecule has 0 spiro atoms. The highest BCUT2D eigenvalue weighted by Gasteiger charge is 2.15. The Hall–Kier alpha value is -1.43. The monoisotopic (exact) mass is 199 g/mol. The van der Waals surface area contributed by atoms with Crippen molar-refractivity contribution in [1.82, 2.24) is 24.9 Å². The van der Waals surface area contributed by atoms with Crippen LogP contribution in [0.25, 0.3) is 0 Å². The smallest absolute Gasteiger partial charge is 0.225 e. The fourth-order valence-corrected chi connectivity index (χ4v) is 1.21. The van der Waals surface area contributed by atoms with Crippen LogP contribution in [0.4, 0.5) is 0 Å². The van der Waals surface area contributed by atoms with Gasteiger partial charge in [0.2, 0.25) is 11.7 Å². The predicted molar refractivity (Wildman–Crippen MR) is 43.1 cm³/mol. The van der Waals surface area contributed by atoms with Crippen LogP contribution < -0.4 is 0 Å². The summed E-state index contributed by atoms with van der Waals surface area (Å²) in [6, 6.07) is -0.124. The summed E-state index contributed by atoms with van der Waals surface area (Å²) in [7, 11) is 0. The molecule has 0 fully saturated rings. The van der Waals surface area contributed by atoms with E-state index in [4.69, 9.17) is 11.6 Å². The van der Waals surface area contributed by atoms with Gasteiger partial charge in [-0.25, -0.2) is 0 Å². The Bertz CT molecular complexity index is 383. The molecule has 0 bridgehead atoms. The molecule has 0 aliphatic rings. The third-order valence-electron chi connectivity index (χ3n) is 1.70. The quantitative estimate of drug-likeness (QED) is 0.720. The van der Waals surface area contributed by atoms with Crippen molar-refractivity contribution in [1.29, 1.82) is 0 Å². The van der Waals surface area contributed by atoms with Crippen LogP contribution in [-0.4, -0.2) is 24.9 Å². The molecule has 0 aromatic carbocycles. The Kier molecular flexibility index (Phi) is 1.97. The van der Waals surface area contributed by atoms with Crippen molar-refractivity contribution in [2.45, 2.75) is 13.0 Å². The normalized spacial score (nSPS) is 13.1. The molecule has 0 radical (unpaired) electrons. The Morgan fingerprint density at radius 2 is 2.46 bits per heavy atom. The van der Waals surface area contributed by atoms with Crippen LogP contribution >= 0.6 is 11.6 Å². The fourth-order valence-electron chi connectivity index (χ4n) is 0.975. The van der Waals surface area contributed by atoms with Gasteiger partial charge in [-0.1, -0.05) is 5.16 Å². The molecule has 0 saturated carbocycles. The lowest BCUT2D eigenvalue weighted by molar-refractivity contribution is 0.401. The lowest BCUT2D eigenvalue weighted by Crippen LogP contribution is -2.07. The minimum absolute atomic E-state index is 0.124. The summed E-state index contributed by atoms with van der Waals surface area (Å²) < 4.78 is 6.26. The van der Waals surface area contributed by atoms with Gasteiger partial charge in [-0.15, -0.1) is 10.2 Å². The summed E-state index contributed by atoms with van der Waals surface area (Å²) >= 11 is 5.75. The Balaban J connectivity index is 2.33. The Morgan fingerprint density at radius 3 is 3.00 bits per heavy atom. The van der Waals surface area contributed by atoms with Crippen LogP contribution in [0.5, 0.6) is 0 Å². The van der Waals surface area contributed by atoms with Gasteiger partial charge in [0.1, 0.15) is 6.33 Å². The molecule has 2 heterocycles. The molecule has 0 saturated heterocycles. The summed E-state index contributed by atoms with van der Waals surface area (Å²) in [5, 5.41) is 11.3. The highest BCUT2D eigenvalue weighted by Crippen LogP contribution is 2.16. The molecule has 2 aromatic rings. The van der Waals surface area contributed by atoms with Gasteiger partial charge >= 0.3 is 0 Å². The van der Waals surface area contributed by atoms with Crippen molar-refractivity contribution < 1.29 is 4.52 Å². The maximum absolute atomic E-state index is 5.75. The summed E-state index contributed by atoms with van der Waals surface area (Å²) in [5.74, 6) is 0.543. The Morgan fingerprint density at radius 1 is 1.62 bits per heavy atom. The molecule has 0 aliphatic carbocycles. The van der Waals surface area contributed by atoms with E-state index < -0.39 is 0 Å². The minimum atomic E-state index is -0.124. The SMILES string of the molecule is CC(c1ncon1)n1cnnc1Cl. The van der Waals surface area contributed by atoms with E-state index in [0.717, 1.165) is 0 Å². The summed E-state index contributed by atoms with van der Waals surface area (Å²) in [4.78, 5) is 3.90. The molecule has 2 rings (SSSR count). The zero-order valence-electron chi connectivity index (χ0n) is 6.75. The second kappa shape index (κ2) is 3.14. The average Bonchev–Trinajstić information content (AvgIpc) is 2.72. The van der Waals surface area contributed by atoms with Gasteiger partial charge in [0, 0.05) is 0 Å². The van der Waals surface area contributed by atoms with Crippen molar-refractivity contribution in [3.63, 3.8) is 0 Å². The van der Waals surface area contributed by atoms with Gasteiger partial charge in [-0.05, 0) is 18.5 Å². The number of aromatic nitrogens is 5. The molecule has 68 valence electrons. The molecule has 1 unspecified atom stereocenters. The van der Waals surface area contributed by atoms with E-state index in [1.165, 1.54) is 12.7 Å². The molecule has 0 N–H and O–H groups in total. The maximum atomic E-state index is 5.75. The van der Waals surface area contributed by atoms with Gasteiger partial charge in [-0.3, -0.25) is 4.57 Å². The zero-order valence-corrected chi connectivity index (χ0v) is 7.51. The van der Waals surface area contributed by atoms with Crippen LogP contribution in [0.2, 0.25) is 5.28 Å². The van der Waals surface area contributed by atoms with E-state index in [0.29, 0.717) is 11.1 Å². The van der Waals surface area contributed by atoms with Gasteiger partial charge in [-0.2, -0.15) is 4.98 Å². The highest BCUT2D eigenvalue weighted by atomic mass is 35.5. The summed E-state index contributed by atoms with van der Waals surface area (Å²) in [6.45, 7) is 1.88. The van der Waals surface area contributed by atoms with Crippen LogP contribution in [-0.2, 0) is 0 Å². The van der Waals surface area contributed by atoms with Gasteiger partial charge in [0.15, 0.2) is 5.82 Å². The molecule has 2 aromatic heterocycles. The number of halogens is 1. The first-order valence-corrected chi connectivity index (χ1v) is 3.98. The van der Waals surface area contributed by atoms with Crippen LogP contribution in [0.15, 0.2) is 17.2 Å². The van der Waals surface area contributed by atoms with E-state index in [9.17, 15) is 0 Å². The lowest BCUT2D eigenvalue weighted by atomic mass is 10.3. The molecular formula is C6H6ClN5O. The summed E-state index contributed by atoms with van der Waals surface area (Å²) in [5.41, 5.74) is 0. The second-order valence-electron chi connectivity index (χ2n) is 2.47. The third-order valence-corrected chi connectivity index (χ3v) is 1.97. The number of nitrogens with zero attached hydrogens (tertiary/aromatic N) is 5. The molecule has 0 aliphatic heterocycles. The third kappa shape index (κ3) is 1.40. The molecule has 13 heavy (non-hydrogen) atoms. The lowest BCUT2D eigenvalue weighted by Gasteiger charge is -2.07. The first-order chi connectivity index (χ1) is 6.29. The molecule has 6 nitrogen and oxygen atoms in total. The van der Waals surface area contributed by atoms with E-state index in [-0.39, 0.29) is 6.04 Å². The average molecular weight is 200 g/mol. The van der Waals surface area contributed by atoms with E-state index in [1.807, 2.05) is 6.92 Å². The van der Waals surface area contributed by atoms with Crippen molar-refractivity contribution in [2.24, 2.45) is 0 Å². The standard InChI is InChI=1S/C6H6ClN5O/c1-4(5-8-3-13-11-5)12-2-9-10-6(12)7/h2-4H,1H3. The van der Waals surface area contributed by atoms with Gasteiger partial charge in [0.05, 0.1) is 6.04 Å². The number of rotatable bonds is 2. The van der Waals surface area contributed by atoms with Gasteiger partial charge in [0.25, 0.3) is 0 Å². The largest absolute Gasteiger partial charge is 0.343 e. The maximum Gasteiger partial charge on any atom is 0.225 e. The Labute approximate surface area is 78.5 Å². The molecule has 1 atom stereocenters. The van der Waals surface area contributed by atoms with E-state index >= 15 is 0 Å². The highest BCUT2D eigenvalue weighted by molar-refractivity contribution is 6.28. The van der Waals surface area contributed by atoms with E-state index in [2.05, 4.69) is 24.9 Å². The number of hydrogen-bond acceptors (Lipinski definition) is 5. The van der Waals surface area contributed by atoms with Crippen LogP contribution in [0.1, 0.15) is 18.8 Å². The van der Waals surface area contributed by atoms with Gasteiger partial charge < -0.3 is 4.52 Å². The van der Waals surface area contributed by atoms with Crippen molar-refractivity contribution in [3.05, 3.63) is 23.8 Å². The first kappa shape index (κ1) is 8.18. The van der Waals surface area contributed by atoms with Crippen molar-refractivity contribution in [2.75, 3.05) is 0 Å². The van der Waals surface area contributed by atoms with Crippen molar-refractivity contribution >= 4 is 11.6 Å². The van der Waals surface area contributed by atoms with E-state index in [1.54, 1.807) is 4.57 Å². The predicted octanol–water partition coefficient (Wildman–Crippen LogP) is 0.924. The second-order valence-corrected chi connectivity index (χ2v) is 2.81. The minimum Gasteiger partial charge on any atom is -0.343 e. The molecule has 0 amide bonds. The van der Waals surface area contributed by atoms with Crippen LogP contribution in [0, 0.1) is 0 Å².